The first kappa shape index (κ1) is 44.8. The summed E-state index contributed by atoms with van der Waals surface area (Å²) in [4.78, 5) is 0. The van der Waals surface area contributed by atoms with Gasteiger partial charge in [0.25, 0.3) is 0 Å². The Morgan fingerprint density at radius 1 is 0.388 bits per heavy atom. The predicted octanol–water partition coefficient (Wildman–Crippen LogP) is 14.1. The average molecular weight is 897 g/mol. The van der Waals surface area contributed by atoms with Gasteiger partial charge in [0, 0.05) is 27.9 Å². The molecule has 0 radical (unpaired) electrons. The minimum absolute atomic E-state index is 0.0978. The monoisotopic (exact) mass is 896 g/mol. The van der Waals surface area contributed by atoms with E-state index in [-0.39, 0.29) is 10.3 Å². The molecule has 9 heteroatoms. The van der Waals surface area contributed by atoms with E-state index in [1.807, 2.05) is 76.4 Å². The van der Waals surface area contributed by atoms with Gasteiger partial charge in [0.05, 0.1) is 29.2 Å². The van der Waals surface area contributed by atoms with Crippen molar-refractivity contribution in [2.45, 2.75) is 65.7 Å². The molecule has 0 saturated carbocycles. The minimum Gasteiger partial charge on any atom is -0.233 e. The number of para-hydroxylation sites is 2. The van der Waals surface area contributed by atoms with Crippen LogP contribution in [0.3, 0.4) is 0 Å². The van der Waals surface area contributed by atoms with Gasteiger partial charge in [-0.25, -0.2) is 18.7 Å². The Morgan fingerprint density at radius 2 is 0.746 bits per heavy atom. The zero-order valence-corrected chi connectivity index (χ0v) is 40.5. The summed E-state index contributed by atoms with van der Waals surface area (Å²) in [6, 6.07) is 64.6. The van der Waals surface area contributed by atoms with E-state index in [9.17, 15) is 0 Å². The van der Waals surface area contributed by atoms with Crippen LogP contribution in [0.15, 0.2) is 200 Å². The molecule has 8 nitrogen and oxygen atoms in total. The van der Waals surface area contributed by atoms with Gasteiger partial charge in [-0.05, 0) is 68.0 Å². The normalized spacial score (nSPS) is 11.7. The van der Waals surface area contributed by atoms with Gasteiger partial charge in [0.1, 0.15) is 34.2 Å². The maximum atomic E-state index is 5.27. The Labute approximate surface area is 396 Å². The van der Waals surface area contributed by atoms with Gasteiger partial charge in [-0.3, -0.25) is 0 Å². The molecule has 4 aromatic heterocycles. The van der Waals surface area contributed by atoms with Gasteiger partial charge in [-0.2, -0.15) is 20.4 Å². The number of hydrogen-bond donors (Lipinski definition) is 0. The highest BCUT2D eigenvalue weighted by Crippen LogP contribution is 2.58. The Morgan fingerprint density at radius 3 is 1.10 bits per heavy atom. The molecule has 0 amide bonds. The van der Waals surface area contributed by atoms with E-state index in [4.69, 9.17) is 20.4 Å². The Kier molecular flexibility index (Phi) is 12.6. The van der Waals surface area contributed by atoms with Crippen LogP contribution in [0.4, 0.5) is 0 Å². The largest absolute Gasteiger partial charge is 0.233 e. The summed E-state index contributed by atoms with van der Waals surface area (Å²) in [5.41, 5.74) is 15.8. The fourth-order valence-electron chi connectivity index (χ4n) is 9.07. The molecule has 0 aliphatic heterocycles. The first-order valence-corrected chi connectivity index (χ1v) is 24.2. The Balaban J connectivity index is 0.000000171. The van der Waals surface area contributed by atoms with Crippen LogP contribution in [0.1, 0.15) is 52.8 Å². The van der Waals surface area contributed by atoms with Crippen molar-refractivity contribution in [3.63, 3.8) is 0 Å². The lowest BCUT2D eigenvalue weighted by Gasteiger charge is -2.41. The number of benzene rings is 6. The van der Waals surface area contributed by atoms with Gasteiger partial charge in [0.2, 0.25) is 0 Å². The van der Waals surface area contributed by atoms with Crippen molar-refractivity contribution in [3.05, 3.63) is 212 Å². The van der Waals surface area contributed by atoms with E-state index in [2.05, 4.69) is 198 Å². The highest BCUT2D eigenvalue weighted by Gasteiger charge is 2.39. The average Bonchev–Trinajstić information content (AvgIpc) is 4.14. The highest BCUT2D eigenvalue weighted by atomic mass is 31.1. The van der Waals surface area contributed by atoms with E-state index in [1.54, 1.807) is 0 Å². The van der Waals surface area contributed by atoms with Gasteiger partial charge in [-0.1, -0.05) is 199 Å². The van der Waals surface area contributed by atoms with Crippen molar-refractivity contribution in [1.29, 1.82) is 0 Å². The number of aryl methyl sites for hydroxylation is 1. The zero-order chi connectivity index (χ0) is 46.7. The van der Waals surface area contributed by atoms with Crippen molar-refractivity contribution in [2.75, 3.05) is 0 Å². The van der Waals surface area contributed by atoms with Crippen LogP contribution in [0.5, 0.6) is 0 Å². The van der Waals surface area contributed by atoms with Crippen LogP contribution in [0.2, 0.25) is 0 Å². The number of aromatic nitrogens is 8. The lowest BCUT2D eigenvalue weighted by molar-refractivity contribution is 0.711. The summed E-state index contributed by atoms with van der Waals surface area (Å²) in [5.74, 6) is 0. The molecule has 4 heterocycles. The van der Waals surface area contributed by atoms with Gasteiger partial charge in [0.15, 0.2) is 0 Å². The lowest BCUT2D eigenvalue weighted by atomic mass is 10.1. The molecule has 10 rings (SSSR count). The molecule has 0 spiro atoms. The molecule has 0 fully saturated rings. The van der Waals surface area contributed by atoms with Crippen LogP contribution in [0.25, 0.3) is 67.8 Å². The SMILES string of the molecule is CC(C)(C)P(c1ccnn1-c1c(-c2ccccc2)nn(-c2ccccc2)c1-c1ccccc1)C(C)(C)C.Cc1cnn(-c2c(-c3ccccc3)nn(-c3ccccc3)c2-c2ccccc2)c1C. The third-order valence-corrected chi connectivity index (χ3v) is 15.3. The fraction of sp³-hybridized carbons (Fsp3) is 0.172. The summed E-state index contributed by atoms with van der Waals surface area (Å²) in [6.45, 7) is 18.3. The summed E-state index contributed by atoms with van der Waals surface area (Å²) >= 11 is 0. The maximum Gasteiger partial charge on any atom is 0.120 e. The van der Waals surface area contributed by atoms with Crippen LogP contribution < -0.4 is 5.44 Å². The van der Waals surface area contributed by atoms with Crippen molar-refractivity contribution < 1.29 is 0 Å². The van der Waals surface area contributed by atoms with E-state index < -0.39 is 7.92 Å². The molecular formula is C58H57N8P. The third-order valence-electron chi connectivity index (χ3n) is 11.8. The van der Waals surface area contributed by atoms with Crippen molar-refractivity contribution >= 4 is 13.4 Å². The van der Waals surface area contributed by atoms with Crippen molar-refractivity contribution in [1.82, 2.24) is 39.1 Å². The third kappa shape index (κ3) is 9.10. The lowest BCUT2D eigenvalue weighted by Crippen LogP contribution is -2.34. The van der Waals surface area contributed by atoms with Crippen molar-refractivity contribution in [3.8, 4) is 67.8 Å². The molecule has 6 aromatic carbocycles. The number of rotatable bonds is 9. The summed E-state index contributed by atoms with van der Waals surface area (Å²) in [5, 5.41) is 20.3. The Hall–Kier alpha value is -7.41. The highest BCUT2D eigenvalue weighted by molar-refractivity contribution is 7.68. The van der Waals surface area contributed by atoms with Gasteiger partial charge < -0.3 is 0 Å². The standard InChI is InChI=1S/C32H35N4P.C26H22N4/c1-31(2,3)37(32(4,5)6)27-22-23-33-36(27)30-28(24-16-10-7-11-17-24)34-35(26-20-14-9-15-21-26)29(30)25-18-12-8-13-19-25;1-19-18-27-29(20(19)2)26-24(21-12-6-3-7-13-21)28-30(23-16-10-5-11-17-23)25(26)22-14-8-4-9-15-22/h7-23H,1-6H3;3-18H,1-2H3. The molecule has 0 aliphatic carbocycles. The molecule has 0 atom stereocenters. The molecule has 0 bridgehead atoms. The molecule has 67 heavy (non-hydrogen) atoms. The van der Waals surface area contributed by atoms with Crippen LogP contribution in [-0.4, -0.2) is 49.4 Å². The van der Waals surface area contributed by atoms with E-state index in [0.717, 1.165) is 79.0 Å². The molecule has 10 aromatic rings. The summed E-state index contributed by atoms with van der Waals surface area (Å²) in [6.07, 6.45) is 3.87. The second kappa shape index (κ2) is 18.8. The van der Waals surface area contributed by atoms with Crippen molar-refractivity contribution in [2.24, 2.45) is 0 Å². The molecule has 0 aliphatic rings. The molecule has 0 saturated heterocycles. The second-order valence-electron chi connectivity index (χ2n) is 18.7. The van der Waals surface area contributed by atoms with E-state index in [0.29, 0.717) is 0 Å². The molecule has 0 N–H and O–H groups in total. The Bertz CT molecular complexity index is 3180. The maximum absolute atomic E-state index is 5.27. The van der Waals surface area contributed by atoms with Crippen LogP contribution >= 0.6 is 7.92 Å². The molecule has 0 unspecified atom stereocenters. The second-order valence-corrected chi connectivity index (χ2v) is 22.5. The number of nitrogens with zero attached hydrogens (tertiary/aromatic N) is 8. The summed E-state index contributed by atoms with van der Waals surface area (Å²) in [7, 11) is -0.589. The van der Waals surface area contributed by atoms with E-state index >= 15 is 0 Å². The quantitative estimate of drug-likeness (QED) is 0.135. The summed E-state index contributed by atoms with van der Waals surface area (Å²) < 4.78 is 8.31. The predicted molar refractivity (Wildman–Crippen MR) is 279 cm³/mol. The van der Waals surface area contributed by atoms with E-state index in [1.165, 1.54) is 5.44 Å². The fourth-order valence-corrected chi connectivity index (χ4v) is 13.0. The number of hydrogen-bond acceptors (Lipinski definition) is 4. The topological polar surface area (TPSA) is 71.3 Å². The smallest absolute Gasteiger partial charge is 0.120 e. The van der Waals surface area contributed by atoms with Gasteiger partial charge >= 0.3 is 0 Å². The zero-order valence-electron chi connectivity index (χ0n) is 39.6. The van der Waals surface area contributed by atoms with Gasteiger partial charge in [-0.15, -0.1) is 0 Å². The first-order chi connectivity index (χ1) is 32.4. The van der Waals surface area contributed by atoms with Crippen LogP contribution in [-0.2, 0) is 0 Å². The first-order valence-electron chi connectivity index (χ1n) is 22.8. The minimum atomic E-state index is -0.589. The molecule has 334 valence electrons. The molecular weight excluding hydrogens is 840 g/mol. The van der Waals surface area contributed by atoms with Crippen LogP contribution in [0, 0.1) is 13.8 Å².